The maximum Gasteiger partial charge on any atom is 0.407 e. The molecule has 3 N–H and O–H groups in total. The highest BCUT2D eigenvalue weighted by Gasteiger charge is 2.36. The number of benzene rings is 2. The third-order valence-electron chi connectivity index (χ3n) is 6.68. The van der Waals surface area contributed by atoms with Crippen LogP contribution in [0.15, 0.2) is 48.5 Å². The quantitative estimate of drug-likeness (QED) is 0.482. The van der Waals surface area contributed by atoms with E-state index in [0.29, 0.717) is 6.42 Å². The highest BCUT2D eigenvalue weighted by Crippen LogP contribution is 2.44. The van der Waals surface area contributed by atoms with Crippen LogP contribution in [-0.4, -0.2) is 41.3 Å². The molecule has 2 aliphatic carbocycles. The molecule has 1 atom stereocenters. The van der Waals surface area contributed by atoms with Crippen LogP contribution in [0.3, 0.4) is 0 Å². The zero-order valence-electron chi connectivity index (χ0n) is 19.7. The second-order valence-electron chi connectivity index (χ2n) is 9.94. The molecule has 180 valence electrons. The van der Waals surface area contributed by atoms with Crippen LogP contribution in [0.2, 0.25) is 0 Å². The van der Waals surface area contributed by atoms with E-state index in [9.17, 15) is 14.4 Å². The number of rotatable bonds is 10. The largest absolute Gasteiger partial charge is 0.481 e. The standard InChI is InChI=1S/C27H32N2O5/c1-27(2,14-13-25(31)32)29-24(30)15-23(17-11-12-17)28-26(33)34-16-22-20-9-5-3-7-18(20)19-8-4-6-10-21(19)22/h3-10,17,22-23H,11-16H2,1-2H3,(H,28,33)(H,29,30)(H,31,32). The third-order valence-corrected chi connectivity index (χ3v) is 6.68. The number of nitrogens with one attached hydrogen (secondary N) is 2. The number of carbonyl (C=O) groups is 3. The van der Waals surface area contributed by atoms with Crippen molar-refractivity contribution in [1.82, 2.24) is 10.6 Å². The van der Waals surface area contributed by atoms with Gasteiger partial charge in [0, 0.05) is 30.3 Å². The molecule has 2 amide bonds. The van der Waals surface area contributed by atoms with Gasteiger partial charge in [-0.25, -0.2) is 4.79 Å². The summed E-state index contributed by atoms with van der Waals surface area (Å²) < 4.78 is 5.65. The first-order valence-electron chi connectivity index (χ1n) is 11.9. The van der Waals surface area contributed by atoms with E-state index < -0.39 is 17.6 Å². The number of fused-ring (bicyclic) bond motifs is 3. The Morgan fingerprint density at radius 3 is 2.18 bits per heavy atom. The summed E-state index contributed by atoms with van der Waals surface area (Å²) in [7, 11) is 0. The number of amides is 2. The number of ether oxygens (including phenoxy) is 1. The molecule has 2 aliphatic rings. The molecule has 1 unspecified atom stereocenters. The van der Waals surface area contributed by atoms with Crippen LogP contribution in [0.1, 0.15) is 63.0 Å². The van der Waals surface area contributed by atoms with E-state index >= 15 is 0 Å². The molecule has 0 spiro atoms. The molecule has 1 fully saturated rings. The van der Waals surface area contributed by atoms with Crippen molar-refractivity contribution in [1.29, 1.82) is 0 Å². The van der Waals surface area contributed by atoms with E-state index in [1.165, 1.54) is 11.1 Å². The first-order chi connectivity index (χ1) is 16.2. The number of carboxylic acids is 1. The lowest BCUT2D eigenvalue weighted by Crippen LogP contribution is -2.47. The van der Waals surface area contributed by atoms with Gasteiger partial charge in [-0.15, -0.1) is 0 Å². The molecule has 0 saturated heterocycles. The summed E-state index contributed by atoms with van der Waals surface area (Å²) in [5, 5.41) is 14.7. The van der Waals surface area contributed by atoms with Crippen molar-refractivity contribution in [2.45, 2.75) is 63.5 Å². The topological polar surface area (TPSA) is 105 Å². The molecule has 0 aliphatic heterocycles. The Balaban J connectivity index is 1.33. The minimum atomic E-state index is -0.893. The van der Waals surface area contributed by atoms with Crippen molar-refractivity contribution in [2.75, 3.05) is 6.61 Å². The molecule has 2 aromatic carbocycles. The zero-order valence-corrected chi connectivity index (χ0v) is 19.7. The zero-order chi connectivity index (χ0) is 24.3. The SMILES string of the molecule is CC(C)(CCC(=O)O)NC(=O)CC(NC(=O)OCC1c2ccccc2-c2ccccc21)C1CC1. The first-order valence-corrected chi connectivity index (χ1v) is 11.9. The van der Waals surface area contributed by atoms with E-state index in [-0.39, 0.29) is 43.2 Å². The number of carbonyl (C=O) groups excluding carboxylic acids is 2. The molecule has 0 heterocycles. The van der Waals surface area contributed by atoms with Crippen molar-refractivity contribution in [3.63, 3.8) is 0 Å². The van der Waals surface area contributed by atoms with E-state index in [0.717, 1.165) is 24.0 Å². The lowest BCUT2D eigenvalue weighted by molar-refractivity contribution is -0.137. The van der Waals surface area contributed by atoms with Crippen molar-refractivity contribution in [3.05, 3.63) is 59.7 Å². The molecular weight excluding hydrogens is 432 g/mol. The normalized spacial score (nSPS) is 15.7. The second kappa shape index (κ2) is 9.87. The average Bonchev–Trinajstić information content (AvgIpc) is 3.59. The summed E-state index contributed by atoms with van der Waals surface area (Å²) in [6.07, 6.45) is 1.87. The molecule has 0 aromatic heterocycles. The summed E-state index contributed by atoms with van der Waals surface area (Å²) in [6, 6.07) is 16.1. The van der Waals surface area contributed by atoms with Gasteiger partial charge >= 0.3 is 12.1 Å². The highest BCUT2D eigenvalue weighted by molar-refractivity contribution is 5.80. The van der Waals surface area contributed by atoms with Crippen LogP contribution < -0.4 is 10.6 Å². The Kier molecular flexibility index (Phi) is 6.91. The fraction of sp³-hybridized carbons (Fsp3) is 0.444. The van der Waals surface area contributed by atoms with Crippen LogP contribution in [0.5, 0.6) is 0 Å². The van der Waals surface area contributed by atoms with Gasteiger partial charge in [0.2, 0.25) is 5.91 Å². The monoisotopic (exact) mass is 464 g/mol. The Hall–Kier alpha value is -3.35. The molecule has 7 nitrogen and oxygen atoms in total. The summed E-state index contributed by atoms with van der Waals surface area (Å²) in [6.45, 7) is 3.84. The Labute approximate surface area is 199 Å². The average molecular weight is 465 g/mol. The summed E-state index contributed by atoms with van der Waals surface area (Å²) in [5.74, 6) is -0.856. The lowest BCUT2D eigenvalue weighted by Gasteiger charge is -2.27. The fourth-order valence-corrected chi connectivity index (χ4v) is 4.74. The van der Waals surface area contributed by atoms with Crippen molar-refractivity contribution < 1.29 is 24.2 Å². The van der Waals surface area contributed by atoms with E-state index in [1.54, 1.807) is 13.8 Å². The minimum absolute atomic E-state index is 0.0165. The van der Waals surface area contributed by atoms with Crippen molar-refractivity contribution in [3.8, 4) is 11.1 Å². The van der Waals surface area contributed by atoms with Gasteiger partial charge in [-0.1, -0.05) is 48.5 Å². The second-order valence-corrected chi connectivity index (χ2v) is 9.94. The number of hydrogen-bond donors (Lipinski definition) is 3. The number of hydrogen-bond acceptors (Lipinski definition) is 4. The third kappa shape index (κ3) is 5.76. The lowest BCUT2D eigenvalue weighted by atomic mass is 9.97. The van der Waals surface area contributed by atoms with Gasteiger partial charge in [-0.3, -0.25) is 9.59 Å². The van der Waals surface area contributed by atoms with E-state index in [1.807, 2.05) is 24.3 Å². The van der Waals surface area contributed by atoms with Crippen LogP contribution in [0.25, 0.3) is 11.1 Å². The van der Waals surface area contributed by atoms with Gasteiger partial charge < -0.3 is 20.5 Å². The van der Waals surface area contributed by atoms with Gasteiger partial charge in [0.05, 0.1) is 0 Å². The van der Waals surface area contributed by atoms with E-state index in [4.69, 9.17) is 9.84 Å². The Bertz CT molecular complexity index is 1030. The molecule has 34 heavy (non-hydrogen) atoms. The maximum absolute atomic E-state index is 12.7. The van der Waals surface area contributed by atoms with Gasteiger partial charge in [-0.05, 0) is 61.3 Å². The molecule has 2 aromatic rings. The maximum atomic E-state index is 12.7. The molecule has 4 rings (SSSR count). The number of alkyl carbamates (subject to hydrolysis) is 1. The molecule has 1 saturated carbocycles. The molecular formula is C27H32N2O5. The molecule has 7 heteroatoms. The fourth-order valence-electron chi connectivity index (χ4n) is 4.74. The van der Waals surface area contributed by atoms with Crippen molar-refractivity contribution in [2.24, 2.45) is 5.92 Å². The van der Waals surface area contributed by atoms with E-state index in [2.05, 4.69) is 34.9 Å². The van der Waals surface area contributed by atoms with Crippen LogP contribution in [0, 0.1) is 5.92 Å². The first kappa shape index (κ1) is 23.8. The summed E-state index contributed by atoms with van der Waals surface area (Å²) in [5.41, 5.74) is 4.01. The van der Waals surface area contributed by atoms with Gasteiger partial charge in [0.25, 0.3) is 0 Å². The van der Waals surface area contributed by atoms with Crippen molar-refractivity contribution >= 4 is 18.0 Å². The molecule has 0 bridgehead atoms. The Morgan fingerprint density at radius 1 is 1.03 bits per heavy atom. The summed E-state index contributed by atoms with van der Waals surface area (Å²) in [4.78, 5) is 36.1. The van der Waals surface area contributed by atoms with Gasteiger partial charge in [0.15, 0.2) is 0 Å². The summed E-state index contributed by atoms with van der Waals surface area (Å²) >= 11 is 0. The predicted octanol–water partition coefficient (Wildman–Crippen LogP) is 4.45. The predicted molar refractivity (Wildman–Crippen MR) is 128 cm³/mol. The number of carboxylic acid groups (broad SMARTS) is 1. The van der Waals surface area contributed by atoms with Crippen LogP contribution in [0.4, 0.5) is 4.79 Å². The minimum Gasteiger partial charge on any atom is -0.481 e. The van der Waals surface area contributed by atoms with Gasteiger partial charge in [0.1, 0.15) is 6.61 Å². The number of aliphatic carboxylic acids is 1. The highest BCUT2D eigenvalue weighted by atomic mass is 16.5. The Morgan fingerprint density at radius 2 is 1.62 bits per heavy atom. The van der Waals surface area contributed by atoms with Crippen LogP contribution >= 0.6 is 0 Å². The van der Waals surface area contributed by atoms with Crippen LogP contribution in [-0.2, 0) is 14.3 Å². The molecule has 0 radical (unpaired) electrons. The smallest absolute Gasteiger partial charge is 0.407 e. The van der Waals surface area contributed by atoms with Gasteiger partial charge in [-0.2, -0.15) is 0 Å².